The van der Waals surface area contributed by atoms with E-state index in [0.717, 1.165) is 11.1 Å². The first-order valence-corrected chi connectivity index (χ1v) is 6.97. The monoisotopic (exact) mass is 334 g/mol. The predicted molar refractivity (Wildman–Crippen MR) is 85.5 cm³/mol. The number of ether oxygens (including phenoxy) is 1. The van der Waals surface area contributed by atoms with Gasteiger partial charge in [0.2, 0.25) is 0 Å². The second-order valence-corrected chi connectivity index (χ2v) is 4.44. The molecule has 0 fully saturated rings. The van der Waals surface area contributed by atoms with Crippen molar-refractivity contribution in [3.05, 3.63) is 84.4 Å². The van der Waals surface area contributed by atoms with Crippen molar-refractivity contribution in [2.45, 2.75) is 6.92 Å². The molecule has 0 aliphatic rings. The Kier molecular flexibility index (Phi) is 7.98. The summed E-state index contributed by atoms with van der Waals surface area (Å²) in [6.45, 7) is 2.21. The van der Waals surface area contributed by atoms with Gasteiger partial charge in [0.15, 0.2) is 0 Å². The van der Waals surface area contributed by atoms with Crippen LogP contribution in [0.3, 0.4) is 0 Å². The third-order valence-corrected chi connectivity index (χ3v) is 2.93. The summed E-state index contributed by atoms with van der Waals surface area (Å²) >= 11 is 0. The van der Waals surface area contributed by atoms with E-state index in [1.807, 2.05) is 72.8 Å². The molecule has 0 aliphatic heterocycles. The molecule has 3 aromatic carbocycles. The fraction of sp³-hybridized carbons (Fsp3) is 0.105. The fourth-order valence-corrected chi connectivity index (χ4v) is 1.93. The maximum Gasteiger partial charge on any atom is 0.330 e. The number of rotatable bonds is 3. The standard InChI is InChI=1S/C14H13O2.C5H5.Fe/c1-2-16-14(15)13-9-5-8-12(10-13)11-6-3-4-7-11;1-2-4-5-3-1;/h3-10H,2H2,1H3;1-5H;/q-1;-5;. The van der Waals surface area contributed by atoms with Gasteiger partial charge in [-0.2, -0.15) is 12.1 Å². The third kappa shape index (κ3) is 5.36. The molecule has 0 unspecified atom stereocenters. The van der Waals surface area contributed by atoms with Crippen molar-refractivity contribution in [3.8, 4) is 11.1 Å². The predicted octanol–water partition coefficient (Wildman–Crippen LogP) is 4.65. The zero-order valence-corrected chi connectivity index (χ0v) is 13.5. The molecule has 3 rings (SSSR count). The van der Waals surface area contributed by atoms with Gasteiger partial charge in [-0.15, -0.1) is 29.8 Å². The summed E-state index contributed by atoms with van der Waals surface area (Å²) in [5.74, 6) is -0.268. The Morgan fingerprint density at radius 2 is 1.64 bits per heavy atom. The second kappa shape index (κ2) is 9.77. The average Bonchev–Trinajstić information content (AvgIpc) is 3.23. The molecular weight excluding hydrogens is 316 g/mol. The van der Waals surface area contributed by atoms with E-state index in [1.54, 1.807) is 13.0 Å². The first kappa shape index (κ1) is 18.0. The summed E-state index contributed by atoms with van der Waals surface area (Å²) in [6.07, 6.45) is 0. The second-order valence-electron chi connectivity index (χ2n) is 4.44. The molecule has 3 heteroatoms. The number of esters is 1. The summed E-state index contributed by atoms with van der Waals surface area (Å²) < 4.78 is 4.96. The SMILES string of the molecule is CCOC(=O)c1cccc(-[c-]2cccc2)c1.[Fe].[cH-]1[cH-][cH-][cH-][cH-]1. The van der Waals surface area contributed by atoms with Gasteiger partial charge >= 0.3 is 5.97 Å². The van der Waals surface area contributed by atoms with Crippen LogP contribution in [0.4, 0.5) is 0 Å². The van der Waals surface area contributed by atoms with Crippen LogP contribution in [0.1, 0.15) is 17.3 Å². The van der Waals surface area contributed by atoms with E-state index in [1.165, 1.54) is 0 Å². The van der Waals surface area contributed by atoms with Gasteiger partial charge in [-0.25, -0.2) is 4.79 Å². The van der Waals surface area contributed by atoms with Crippen LogP contribution in [0, 0.1) is 0 Å². The van der Waals surface area contributed by atoms with Crippen molar-refractivity contribution in [1.29, 1.82) is 0 Å². The van der Waals surface area contributed by atoms with Crippen LogP contribution in [0.25, 0.3) is 11.1 Å². The summed E-state index contributed by atoms with van der Waals surface area (Å²) in [7, 11) is 0. The number of hydrogen-bond donors (Lipinski definition) is 0. The molecule has 0 aliphatic carbocycles. The zero-order valence-electron chi connectivity index (χ0n) is 12.4. The van der Waals surface area contributed by atoms with Gasteiger partial charge in [0.05, 0.1) is 6.61 Å². The molecule has 3 aromatic rings. The van der Waals surface area contributed by atoms with Crippen LogP contribution >= 0.6 is 0 Å². The van der Waals surface area contributed by atoms with Crippen LogP contribution in [-0.2, 0) is 21.8 Å². The largest absolute Gasteiger partial charge is 0.748 e. The molecule has 0 bridgehead atoms. The molecule has 0 aromatic heterocycles. The number of carbonyl (C=O) groups excluding carboxylic acids is 1. The molecule has 22 heavy (non-hydrogen) atoms. The first-order valence-electron chi connectivity index (χ1n) is 6.97. The van der Waals surface area contributed by atoms with E-state index < -0.39 is 0 Å². The van der Waals surface area contributed by atoms with Crippen molar-refractivity contribution < 1.29 is 26.6 Å². The van der Waals surface area contributed by atoms with Crippen molar-refractivity contribution >= 4 is 5.97 Å². The molecule has 0 spiro atoms. The molecule has 0 amide bonds. The van der Waals surface area contributed by atoms with E-state index in [9.17, 15) is 4.79 Å². The maximum absolute atomic E-state index is 11.5. The molecule has 0 saturated heterocycles. The van der Waals surface area contributed by atoms with E-state index in [2.05, 4.69) is 0 Å². The van der Waals surface area contributed by atoms with Crippen LogP contribution in [-0.4, -0.2) is 12.6 Å². The fourth-order valence-electron chi connectivity index (χ4n) is 1.93. The van der Waals surface area contributed by atoms with Crippen LogP contribution in [0.15, 0.2) is 78.9 Å². The summed E-state index contributed by atoms with van der Waals surface area (Å²) in [5, 5.41) is 0. The Morgan fingerprint density at radius 3 is 2.18 bits per heavy atom. The van der Waals surface area contributed by atoms with Gasteiger partial charge in [0.25, 0.3) is 0 Å². The van der Waals surface area contributed by atoms with Gasteiger partial charge in [0.1, 0.15) is 0 Å². The Hall–Kier alpha value is -2.09. The molecule has 0 atom stereocenters. The quantitative estimate of drug-likeness (QED) is 0.396. The topological polar surface area (TPSA) is 26.3 Å². The van der Waals surface area contributed by atoms with Gasteiger partial charge in [-0.05, 0) is 6.92 Å². The summed E-state index contributed by atoms with van der Waals surface area (Å²) in [4.78, 5) is 11.5. The number of benzene rings is 1. The third-order valence-electron chi connectivity index (χ3n) is 2.93. The Bertz CT molecular complexity index is 623. The van der Waals surface area contributed by atoms with Gasteiger partial charge in [-0.1, -0.05) is 17.7 Å². The average molecular weight is 334 g/mol. The summed E-state index contributed by atoms with van der Waals surface area (Å²) in [6, 6.07) is 25.5. The first-order chi connectivity index (χ1) is 10.3. The van der Waals surface area contributed by atoms with E-state index in [0.29, 0.717) is 12.2 Å². The molecule has 0 saturated carbocycles. The molecule has 0 radical (unpaired) electrons. The molecule has 2 nitrogen and oxygen atoms in total. The Balaban J connectivity index is 0.000000344. The Morgan fingerprint density at radius 1 is 1.05 bits per heavy atom. The molecular formula is C19H18FeO2-6. The Labute approximate surface area is 141 Å². The number of hydrogen-bond acceptors (Lipinski definition) is 2. The van der Waals surface area contributed by atoms with Gasteiger partial charge in [-0.3, -0.25) is 0 Å². The van der Waals surface area contributed by atoms with Crippen LogP contribution < -0.4 is 0 Å². The molecule has 120 valence electrons. The maximum atomic E-state index is 11.5. The van der Waals surface area contributed by atoms with Crippen molar-refractivity contribution in [3.63, 3.8) is 0 Å². The minimum atomic E-state index is -0.268. The summed E-state index contributed by atoms with van der Waals surface area (Å²) in [5.41, 5.74) is 2.75. The van der Waals surface area contributed by atoms with Gasteiger partial charge < -0.3 is 35.1 Å². The van der Waals surface area contributed by atoms with E-state index in [4.69, 9.17) is 4.74 Å². The van der Waals surface area contributed by atoms with Crippen LogP contribution in [0.5, 0.6) is 0 Å². The smallest absolute Gasteiger partial charge is 0.330 e. The number of carbonyl (C=O) groups is 1. The van der Waals surface area contributed by atoms with Crippen molar-refractivity contribution in [2.75, 3.05) is 6.61 Å². The normalized spacial score (nSPS) is 9.14. The minimum Gasteiger partial charge on any atom is -0.748 e. The van der Waals surface area contributed by atoms with Gasteiger partial charge in [0, 0.05) is 22.6 Å². The van der Waals surface area contributed by atoms with E-state index in [-0.39, 0.29) is 23.0 Å². The van der Waals surface area contributed by atoms with Crippen molar-refractivity contribution in [1.82, 2.24) is 0 Å². The van der Waals surface area contributed by atoms with E-state index >= 15 is 0 Å². The molecule has 0 N–H and O–H groups in total. The minimum absolute atomic E-state index is 0. The molecule has 0 heterocycles. The zero-order chi connectivity index (χ0) is 14.9. The van der Waals surface area contributed by atoms with Crippen molar-refractivity contribution in [2.24, 2.45) is 0 Å². The van der Waals surface area contributed by atoms with Crippen LogP contribution in [0.2, 0.25) is 0 Å².